The summed E-state index contributed by atoms with van der Waals surface area (Å²) in [4.78, 5) is 13.6. The van der Waals surface area contributed by atoms with E-state index in [-0.39, 0.29) is 0 Å². The lowest BCUT2D eigenvalue weighted by molar-refractivity contribution is 0.640. The Balaban J connectivity index is 1.45. The highest BCUT2D eigenvalue weighted by atomic mass is 15.3. The lowest BCUT2D eigenvalue weighted by Gasteiger charge is -2.36. The summed E-state index contributed by atoms with van der Waals surface area (Å²) in [6.07, 6.45) is 1.75. The predicted octanol–water partition coefficient (Wildman–Crippen LogP) is 3.42. The van der Waals surface area contributed by atoms with Crippen molar-refractivity contribution in [3.63, 3.8) is 0 Å². The molecule has 1 aliphatic heterocycles. The molecule has 1 aromatic heterocycles. The van der Waals surface area contributed by atoms with E-state index in [9.17, 15) is 5.26 Å². The fourth-order valence-electron chi connectivity index (χ4n) is 3.20. The third-order valence-corrected chi connectivity index (χ3v) is 4.64. The van der Waals surface area contributed by atoms with Crippen LogP contribution in [0, 0.1) is 11.3 Å². The summed E-state index contributed by atoms with van der Waals surface area (Å²) in [6, 6.07) is 21.9. The highest BCUT2D eigenvalue weighted by Gasteiger charge is 2.19. The fourth-order valence-corrected chi connectivity index (χ4v) is 3.20. The average molecular weight is 356 g/mol. The van der Waals surface area contributed by atoms with Gasteiger partial charge in [-0.2, -0.15) is 10.2 Å². The number of rotatable bonds is 4. The maximum atomic E-state index is 9.24. The molecule has 2 heterocycles. The highest BCUT2D eigenvalue weighted by Crippen LogP contribution is 2.21. The summed E-state index contributed by atoms with van der Waals surface area (Å²) >= 11 is 0. The lowest BCUT2D eigenvalue weighted by atomic mass is 10.2. The SMILES string of the molecule is N#Cc1ccccc1Nc1ccnc(N2CCN(c3ccccc3)CC2)n1. The minimum Gasteiger partial charge on any atom is -0.368 e. The fraction of sp³-hybridized carbons (Fsp3) is 0.190. The van der Waals surface area contributed by atoms with Gasteiger partial charge in [0.25, 0.3) is 0 Å². The maximum absolute atomic E-state index is 9.24. The summed E-state index contributed by atoms with van der Waals surface area (Å²) in [7, 11) is 0. The average Bonchev–Trinajstić information content (AvgIpc) is 2.75. The minimum atomic E-state index is 0.592. The van der Waals surface area contributed by atoms with Crippen LogP contribution in [-0.4, -0.2) is 36.1 Å². The van der Waals surface area contributed by atoms with Crippen molar-refractivity contribution in [1.82, 2.24) is 9.97 Å². The molecule has 0 amide bonds. The standard InChI is InChI=1S/C21H20N6/c22-16-17-6-4-5-9-19(17)24-20-10-11-23-21(25-20)27-14-12-26(13-15-27)18-7-2-1-3-8-18/h1-11H,12-15H2,(H,23,24,25). The topological polar surface area (TPSA) is 68.1 Å². The van der Waals surface area contributed by atoms with Crippen molar-refractivity contribution in [2.45, 2.75) is 0 Å². The van der Waals surface area contributed by atoms with E-state index in [1.54, 1.807) is 12.3 Å². The number of nitrogens with one attached hydrogen (secondary N) is 1. The quantitative estimate of drug-likeness (QED) is 0.773. The van der Waals surface area contributed by atoms with Gasteiger partial charge in [0.05, 0.1) is 11.3 Å². The van der Waals surface area contributed by atoms with E-state index in [0.29, 0.717) is 17.3 Å². The number of nitriles is 1. The number of hydrogen-bond donors (Lipinski definition) is 1. The zero-order chi connectivity index (χ0) is 18.5. The van der Waals surface area contributed by atoms with Crippen molar-refractivity contribution in [2.75, 3.05) is 41.3 Å². The van der Waals surface area contributed by atoms with Gasteiger partial charge in [0.2, 0.25) is 5.95 Å². The van der Waals surface area contributed by atoms with Gasteiger partial charge in [-0.1, -0.05) is 30.3 Å². The number of hydrogen-bond acceptors (Lipinski definition) is 6. The molecule has 1 aliphatic rings. The molecule has 0 radical (unpaired) electrons. The molecule has 134 valence electrons. The lowest BCUT2D eigenvalue weighted by Crippen LogP contribution is -2.47. The van der Waals surface area contributed by atoms with E-state index in [0.717, 1.165) is 31.9 Å². The number of para-hydroxylation sites is 2. The first kappa shape index (κ1) is 16.9. The molecule has 6 heteroatoms. The van der Waals surface area contributed by atoms with E-state index in [4.69, 9.17) is 0 Å². The molecule has 0 saturated carbocycles. The smallest absolute Gasteiger partial charge is 0.227 e. The van der Waals surface area contributed by atoms with Crippen molar-refractivity contribution >= 4 is 23.1 Å². The van der Waals surface area contributed by atoms with E-state index in [2.05, 4.69) is 55.4 Å². The van der Waals surface area contributed by atoms with Crippen molar-refractivity contribution in [3.05, 3.63) is 72.4 Å². The number of nitrogens with zero attached hydrogens (tertiary/aromatic N) is 5. The zero-order valence-corrected chi connectivity index (χ0v) is 14.9. The Labute approximate surface area is 158 Å². The highest BCUT2D eigenvalue weighted by molar-refractivity contribution is 5.64. The molecule has 0 unspecified atom stereocenters. The van der Waals surface area contributed by atoms with Crippen molar-refractivity contribution < 1.29 is 0 Å². The van der Waals surface area contributed by atoms with Gasteiger partial charge < -0.3 is 15.1 Å². The molecule has 0 spiro atoms. The predicted molar refractivity (Wildman–Crippen MR) is 107 cm³/mol. The summed E-state index contributed by atoms with van der Waals surface area (Å²) in [5.74, 6) is 1.40. The van der Waals surface area contributed by atoms with Crippen LogP contribution in [0.4, 0.5) is 23.1 Å². The molecular weight excluding hydrogens is 336 g/mol. The Bertz CT molecular complexity index is 942. The van der Waals surface area contributed by atoms with Crippen LogP contribution in [0.5, 0.6) is 0 Å². The molecule has 6 nitrogen and oxygen atoms in total. The van der Waals surface area contributed by atoms with Crippen LogP contribution < -0.4 is 15.1 Å². The third kappa shape index (κ3) is 3.82. The molecule has 27 heavy (non-hydrogen) atoms. The van der Waals surface area contributed by atoms with Crippen LogP contribution >= 0.6 is 0 Å². The normalized spacial score (nSPS) is 13.9. The molecule has 0 atom stereocenters. The zero-order valence-electron chi connectivity index (χ0n) is 14.9. The molecule has 2 aromatic carbocycles. The second-order valence-electron chi connectivity index (χ2n) is 6.33. The molecule has 4 rings (SSSR count). The molecule has 1 fully saturated rings. The Morgan fingerprint density at radius 3 is 2.33 bits per heavy atom. The summed E-state index contributed by atoms with van der Waals surface area (Å²) < 4.78 is 0. The second kappa shape index (κ2) is 7.75. The third-order valence-electron chi connectivity index (χ3n) is 4.64. The Morgan fingerprint density at radius 2 is 1.56 bits per heavy atom. The van der Waals surface area contributed by atoms with Gasteiger partial charge in [-0.25, -0.2) is 4.98 Å². The minimum absolute atomic E-state index is 0.592. The van der Waals surface area contributed by atoms with Crippen molar-refractivity contribution in [3.8, 4) is 6.07 Å². The Kier molecular flexibility index (Phi) is 4.84. The molecule has 0 bridgehead atoms. The van der Waals surface area contributed by atoms with E-state index in [1.165, 1.54) is 5.69 Å². The molecule has 3 aromatic rings. The van der Waals surface area contributed by atoms with Crippen molar-refractivity contribution in [2.24, 2.45) is 0 Å². The summed E-state index contributed by atoms with van der Waals surface area (Å²) in [5, 5.41) is 12.5. The Morgan fingerprint density at radius 1 is 0.852 bits per heavy atom. The van der Waals surface area contributed by atoms with Crippen LogP contribution in [0.3, 0.4) is 0 Å². The van der Waals surface area contributed by atoms with Crippen LogP contribution in [0.15, 0.2) is 66.9 Å². The number of anilines is 4. The maximum Gasteiger partial charge on any atom is 0.227 e. The summed E-state index contributed by atoms with van der Waals surface area (Å²) in [6.45, 7) is 3.60. The van der Waals surface area contributed by atoms with Gasteiger partial charge in [-0.05, 0) is 30.3 Å². The molecule has 1 N–H and O–H groups in total. The first-order chi connectivity index (χ1) is 13.3. The molecule has 0 aliphatic carbocycles. The first-order valence-electron chi connectivity index (χ1n) is 8.97. The summed E-state index contributed by atoms with van der Waals surface area (Å²) in [5.41, 5.74) is 2.59. The van der Waals surface area contributed by atoms with Gasteiger partial charge in [-0.15, -0.1) is 0 Å². The van der Waals surface area contributed by atoms with E-state index < -0.39 is 0 Å². The second-order valence-corrected chi connectivity index (χ2v) is 6.33. The van der Waals surface area contributed by atoms with Crippen LogP contribution in [-0.2, 0) is 0 Å². The van der Waals surface area contributed by atoms with E-state index in [1.807, 2.05) is 30.3 Å². The van der Waals surface area contributed by atoms with Crippen molar-refractivity contribution in [1.29, 1.82) is 5.26 Å². The van der Waals surface area contributed by atoms with Gasteiger partial charge >= 0.3 is 0 Å². The van der Waals surface area contributed by atoms with Gasteiger partial charge in [0.15, 0.2) is 0 Å². The first-order valence-corrected chi connectivity index (χ1v) is 8.97. The van der Waals surface area contributed by atoms with Crippen LogP contribution in [0.1, 0.15) is 5.56 Å². The van der Waals surface area contributed by atoms with Crippen LogP contribution in [0.25, 0.3) is 0 Å². The number of piperazine rings is 1. The van der Waals surface area contributed by atoms with Gasteiger partial charge in [-0.3, -0.25) is 0 Å². The number of aromatic nitrogens is 2. The van der Waals surface area contributed by atoms with Gasteiger partial charge in [0.1, 0.15) is 11.9 Å². The Hall–Kier alpha value is -3.59. The monoisotopic (exact) mass is 356 g/mol. The molecule has 1 saturated heterocycles. The van der Waals surface area contributed by atoms with Crippen LogP contribution in [0.2, 0.25) is 0 Å². The molecular formula is C21H20N6. The van der Waals surface area contributed by atoms with E-state index >= 15 is 0 Å². The largest absolute Gasteiger partial charge is 0.368 e. The number of benzene rings is 2. The van der Waals surface area contributed by atoms with Gasteiger partial charge in [0, 0.05) is 38.1 Å².